The van der Waals surface area contributed by atoms with E-state index in [1.807, 2.05) is 0 Å². The van der Waals surface area contributed by atoms with Gasteiger partial charge in [-0.2, -0.15) is 0 Å². The quantitative estimate of drug-likeness (QED) is 0.636. The van der Waals surface area contributed by atoms with Gasteiger partial charge < -0.3 is 10.6 Å². The maximum Gasteiger partial charge on any atom is 0.311 e. The normalized spacial score (nSPS) is 24.5. The van der Waals surface area contributed by atoms with E-state index in [4.69, 9.17) is 5.73 Å². The molecule has 2 heterocycles. The van der Waals surface area contributed by atoms with Gasteiger partial charge in [0.1, 0.15) is 5.82 Å². The summed E-state index contributed by atoms with van der Waals surface area (Å²) in [5.41, 5.74) is 5.50. The van der Waals surface area contributed by atoms with E-state index >= 15 is 0 Å². The van der Waals surface area contributed by atoms with Gasteiger partial charge in [-0.25, -0.2) is 4.98 Å². The highest BCUT2D eigenvalue weighted by Crippen LogP contribution is 2.25. The minimum atomic E-state index is -0.513. The smallest absolute Gasteiger partial charge is 0.311 e. The van der Waals surface area contributed by atoms with E-state index in [9.17, 15) is 10.1 Å². The van der Waals surface area contributed by atoms with Crippen molar-refractivity contribution in [2.75, 3.05) is 30.8 Å². The summed E-state index contributed by atoms with van der Waals surface area (Å²) in [5, 5.41) is 10.7. The van der Waals surface area contributed by atoms with Gasteiger partial charge in [-0.05, 0) is 27.0 Å². The van der Waals surface area contributed by atoms with Crippen molar-refractivity contribution in [3.05, 3.63) is 22.2 Å². The van der Waals surface area contributed by atoms with Gasteiger partial charge >= 0.3 is 5.69 Å². The highest BCUT2D eigenvalue weighted by molar-refractivity contribution is 5.58. The zero-order valence-electron chi connectivity index (χ0n) is 11.4. The van der Waals surface area contributed by atoms with E-state index in [0.717, 1.165) is 13.1 Å². The van der Waals surface area contributed by atoms with Crippen LogP contribution in [0.15, 0.2) is 12.1 Å². The fourth-order valence-electron chi connectivity index (χ4n) is 2.38. The molecule has 1 aromatic rings. The van der Waals surface area contributed by atoms with Crippen LogP contribution in [0.1, 0.15) is 13.8 Å². The summed E-state index contributed by atoms with van der Waals surface area (Å²) < 4.78 is 0. The zero-order chi connectivity index (χ0) is 14.2. The number of nitrogens with zero attached hydrogens (tertiary/aromatic N) is 4. The van der Waals surface area contributed by atoms with E-state index < -0.39 is 4.92 Å². The summed E-state index contributed by atoms with van der Waals surface area (Å²) in [5.74, 6) is 0.677. The van der Waals surface area contributed by atoms with Crippen LogP contribution in [0.2, 0.25) is 0 Å². The summed E-state index contributed by atoms with van der Waals surface area (Å²) in [6.07, 6.45) is 0. The first kappa shape index (κ1) is 13.5. The van der Waals surface area contributed by atoms with E-state index in [1.165, 1.54) is 6.07 Å². The van der Waals surface area contributed by atoms with Crippen molar-refractivity contribution in [2.45, 2.75) is 25.9 Å². The Balaban J connectivity index is 2.23. The van der Waals surface area contributed by atoms with E-state index in [-0.39, 0.29) is 11.5 Å². The molecular weight excluding hydrogens is 246 g/mol. The molecule has 7 heteroatoms. The monoisotopic (exact) mass is 265 g/mol. The lowest BCUT2D eigenvalue weighted by molar-refractivity contribution is -0.384. The zero-order valence-corrected chi connectivity index (χ0v) is 11.4. The molecule has 0 spiro atoms. The van der Waals surface area contributed by atoms with Crippen LogP contribution >= 0.6 is 0 Å². The van der Waals surface area contributed by atoms with Gasteiger partial charge in [0.05, 0.1) is 4.92 Å². The predicted octanol–water partition coefficient (Wildman–Crippen LogP) is 1.10. The Morgan fingerprint density at radius 3 is 2.42 bits per heavy atom. The van der Waals surface area contributed by atoms with E-state index in [0.29, 0.717) is 17.9 Å². The lowest BCUT2D eigenvalue weighted by Gasteiger charge is -2.42. The third-order valence-electron chi connectivity index (χ3n) is 3.77. The summed E-state index contributed by atoms with van der Waals surface area (Å²) in [7, 11) is 2.10. The van der Waals surface area contributed by atoms with Gasteiger partial charge in [-0.15, -0.1) is 0 Å². The first-order valence-electron chi connectivity index (χ1n) is 6.28. The number of nitrogens with two attached hydrogens (primary N) is 1. The Kier molecular flexibility index (Phi) is 3.57. The van der Waals surface area contributed by atoms with Crippen molar-refractivity contribution in [3.63, 3.8) is 0 Å². The molecular formula is C12H19N5O2. The van der Waals surface area contributed by atoms with Gasteiger partial charge in [-0.3, -0.25) is 15.0 Å². The SMILES string of the molecule is CC1CN(c2ccc([N+](=O)[O-])c(N)n2)CC(C)N1C. The molecule has 0 bridgehead atoms. The van der Waals surface area contributed by atoms with Crippen LogP contribution in [0.4, 0.5) is 17.3 Å². The van der Waals surface area contributed by atoms with Crippen LogP contribution in [0.3, 0.4) is 0 Å². The largest absolute Gasteiger partial charge is 0.378 e. The van der Waals surface area contributed by atoms with Gasteiger partial charge in [0.25, 0.3) is 0 Å². The standard InChI is InChI=1S/C12H19N5O2/c1-8-6-16(7-9(2)15(8)3)11-5-4-10(17(18)19)12(13)14-11/h4-5,8-9H,6-7H2,1-3H3,(H2,13,14). The fourth-order valence-corrected chi connectivity index (χ4v) is 2.38. The molecule has 7 nitrogen and oxygen atoms in total. The maximum absolute atomic E-state index is 10.7. The Morgan fingerprint density at radius 2 is 1.95 bits per heavy atom. The van der Waals surface area contributed by atoms with Crippen LogP contribution in [-0.2, 0) is 0 Å². The van der Waals surface area contributed by atoms with Crippen LogP contribution in [-0.4, -0.2) is 47.0 Å². The summed E-state index contributed by atoms with van der Waals surface area (Å²) >= 11 is 0. The van der Waals surface area contributed by atoms with Crippen molar-refractivity contribution in [1.82, 2.24) is 9.88 Å². The molecule has 0 saturated carbocycles. The molecule has 0 radical (unpaired) electrons. The first-order chi connectivity index (χ1) is 8.90. The maximum atomic E-state index is 10.7. The number of anilines is 2. The molecule has 2 N–H and O–H groups in total. The van der Waals surface area contributed by atoms with Crippen molar-refractivity contribution in [2.24, 2.45) is 0 Å². The Hall–Kier alpha value is -1.89. The molecule has 1 aliphatic heterocycles. The minimum absolute atomic E-state index is 0.0262. The molecule has 1 aliphatic rings. The van der Waals surface area contributed by atoms with Crippen LogP contribution in [0.25, 0.3) is 0 Å². The lowest BCUT2D eigenvalue weighted by atomic mass is 10.1. The average molecular weight is 265 g/mol. The van der Waals surface area contributed by atoms with Crippen molar-refractivity contribution in [3.8, 4) is 0 Å². The summed E-state index contributed by atoms with van der Waals surface area (Å²) in [6.45, 7) is 5.98. The third-order valence-corrected chi connectivity index (χ3v) is 3.77. The third kappa shape index (κ3) is 2.60. The molecule has 2 unspecified atom stereocenters. The van der Waals surface area contributed by atoms with Crippen molar-refractivity contribution < 1.29 is 4.92 Å². The van der Waals surface area contributed by atoms with E-state index in [1.54, 1.807) is 6.07 Å². The van der Waals surface area contributed by atoms with Gasteiger partial charge in [0, 0.05) is 31.2 Å². The van der Waals surface area contributed by atoms with E-state index in [2.05, 4.69) is 35.7 Å². The number of rotatable bonds is 2. The van der Waals surface area contributed by atoms with Crippen molar-refractivity contribution in [1.29, 1.82) is 0 Å². The average Bonchev–Trinajstić information content (AvgIpc) is 2.34. The molecule has 1 aromatic heterocycles. The molecule has 2 atom stereocenters. The summed E-state index contributed by atoms with van der Waals surface area (Å²) in [6, 6.07) is 3.90. The molecule has 0 amide bonds. The molecule has 1 fully saturated rings. The second-order valence-corrected chi connectivity index (χ2v) is 5.10. The molecule has 19 heavy (non-hydrogen) atoms. The van der Waals surface area contributed by atoms with Crippen molar-refractivity contribution >= 4 is 17.3 Å². The van der Waals surface area contributed by atoms with Gasteiger partial charge in [-0.1, -0.05) is 0 Å². The van der Waals surface area contributed by atoms with Gasteiger partial charge in [0.2, 0.25) is 5.82 Å². The van der Waals surface area contributed by atoms with Gasteiger partial charge in [0.15, 0.2) is 0 Å². The number of nitrogen functional groups attached to an aromatic ring is 1. The highest BCUT2D eigenvalue weighted by atomic mass is 16.6. The Morgan fingerprint density at radius 1 is 1.37 bits per heavy atom. The number of likely N-dealkylation sites (N-methyl/N-ethyl adjacent to an activating group) is 1. The Bertz CT molecular complexity index is 481. The van der Waals surface area contributed by atoms with Crippen LogP contribution in [0.5, 0.6) is 0 Å². The predicted molar refractivity (Wildman–Crippen MR) is 74.2 cm³/mol. The molecule has 104 valence electrons. The van der Waals surface area contributed by atoms with Crippen LogP contribution < -0.4 is 10.6 Å². The molecule has 1 saturated heterocycles. The number of aromatic nitrogens is 1. The number of piperazine rings is 1. The number of pyridine rings is 1. The highest BCUT2D eigenvalue weighted by Gasteiger charge is 2.27. The minimum Gasteiger partial charge on any atom is -0.378 e. The lowest BCUT2D eigenvalue weighted by Crippen LogP contribution is -2.55. The topological polar surface area (TPSA) is 88.5 Å². The second kappa shape index (κ2) is 5.00. The Labute approximate surface area is 112 Å². The number of nitro groups is 1. The fraction of sp³-hybridized carbons (Fsp3) is 0.583. The summed E-state index contributed by atoms with van der Waals surface area (Å²) in [4.78, 5) is 18.8. The molecule has 2 rings (SSSR count). The number of hydrogen-bond donors (Lipinski definition) is 1. The number of hydrogen-bond acceptors (Lipinski definition) is 6. The first-order valence-corrected chi connectivity index (χ1v) is 6.28. The molecule has 0 aromatic carbocycles. The second-order valence-electron chi connectivity index (χ2n) is 5.10. The van der Waals surface area contributed by atoms with Crippen LogP contribution in [0, 0.1) is 10.1 Å². The molecule has 0 aliphatic carbocycles.